The third-order valence-corrected chi connectivity index (χ3v) is 3.94. The number of hydrogen-bond donors (Lipinski definition) is 3. The number of amides is 1. The number of hydrogen-bond acceptors (Lipinski definition) is 3. The van der Waals surface area contributed by atoms with Gasteiger partial charge in [0, 0.05) is 19.1 Å². The van der Waals surface area contributed by atoms with E-state index in [0.29, 0.717) is 13.1 Å². The summed E-state index contributed by atoms with van der Waals surface area (Å²) in [6.07, 6.45) is 1.48. The van der Waals surface area contributed by atoms with E-state index in [-0.39, 0.29) is 11.9 Å². The molecule has 0 radical (unpaired) electrons. The Morgan fingerprint density at radius 1 is 1.26 bits per heavy atom. The molecule has 0 aromatic heterocycles. The van der Waals surface area contributed by atoms with Crippen LogP contribution in [0.4, 0.5) is 0 Å². The summed E-state index contributed by atoms with van der Waals surface area (Å²) in [5, 5.41) is 2.93. The van der Waals surface area contributed by atoms with Crippen LogP contribution in [-0.2, 0) is 4.79 Å². The summed E-state index contributed by atoms with van der Waals surface area (Å²) in [6, 6.07) is 9.58. The second kappa shape index (κ2) is 7.26. The smallest absolute Gasteiger partial charge is 0.227 e. The first-order chi connectivity index (χ1) is 9.09. The number of carbonyl (C=O) groups excluding carboxylic acids is 1. The molecule has 0 aliphatic heterocycles. The van der Waals surface area contributed by atoms with Crippen LogP contribution in [0.15, 0.2) is 30.3 Å². The van der Waals surface area contributed by atoms with E-state index in [1.807, 2.05) is 44.2 Å². The molecular weight excluding hydrogens is 238 g/mol. The molecule has 0 spiro atoms. The molecule has 1 amide bonds. The summed E-state index contributed by atoms with van der Waals surface area (Å²) in [7, 11) is 0. The Kier molecular flexibility index (Phi) is 5.99. The molecule has 0 heterocycles. The van der Waals surface area contributed by atoms with Gasteiger partial charge in [-0.05, 0) is 18.4 Å². The van der Waals surface area contributed by atoms with E-state index >= 15 is 0 Å². The summed E-state index contributed by atoms with van der Waals surface area (Å²) in [5.74, 6) is 0.00591. The average molecular weight is 263 g/mol. The van der Waals surface area contributed by atoms with E-state index in [2.05, 4.69) is 5.32 Å². The maximum atomic E-state index is 12.2. The van der Waals surface area contributed by atoms with E-state index in [4.69, 9.17) is 11.5 Å². The highest BCUT2D eigenvalue weighted by molar-refractivity contribution is 5.82. The molecule has 0 bridgehead atoms. The van der Waals surface area contributed by atoms with Crippen molar-refractivity contribution in [3.05, 3.63) is 35.9 Å². The second-order valence-corrected chi connectivity index (χ2v) is 4.92. The van der Waals surface area contributed by atoms with E-state index in [9.17, 15) is 4.79 Å². The first-order valence-electron chi connectivity index (χ1n) is 6.88. The van der Waals surface area contributed by atoms with Crippen molar-refractivity contribution in [3.8, 4) is 0 Å². The van der Waals surface area contributed by atoms with Crippen LogP contribution in [0, 0.1) is 5.41 Å². The van der Waals surface area contributed by atoms with E-state index in [1.165, 1.54) is 0 Å². The summed E-state index contributed by atoms with van der Waals surface area (Å²) in [6.45, 7) is 4.79. The number of nitrogens with two attached hydrogens (primary N) is 2. The van der Waals surface area contributed by atoms with Crippen LogP contribution in [0.25, 0.3) is 0 Å². The van der Waals surface area contributed by atoms with Crippen LogP contribution in [-0.4, -0.2) is 19.0 Å². The van der Waals surface area contributed by atoms with Crippen LogP contribution in [0.2, 0.25) is 0 Å². The predicted octanol–water partition coefficient (Wildman–Crippen LogP) is 1.57. The van der Waals surface area contributed by atoms with Crippen molar-refractivity contribution < 1.29 is 4.79 Å². The zero-order valence-corrected chi connectivity index (χ0v) is 11.9. The van der Waals surface area contributed by atoms with Crippen LogP contribution in [0.5, 0.6) is 0 Å². The van der Waals surface area contributed by atoms with Crippen molar-refractivity contribution in [2.75, 3.05) is 13.1 Å². The Labute approximate surface area is 115 Å². The normalized spacial score (nSPS) is 13.1. The quantitative estimate of drug-likeness (QED) is 0.698. The van der Waals surface area contributed by atoms with Crippen molar-refractivity contribution in [2.45, 2.75) is 32.7 Å². The molecule has 0 fully saturated rings. The topological polar surface area (TPSA) is 81.1 Å². The van der Waals surface area contributed by atoms with Gasteiger partial charge in [0.2, 0.25) is 5.91 Å². The Morgan fingerprint density at radius 3 is 2.32 bits per heavy atom. The number of carbonyl (C=O) groups is 1. The Bertz CT molecular complexity index is 379. The third kappa shape index (κ3) is 3.78. The minimum atomic E-state index is -0.462. The predicted molar refractivity (Wildman–Crippen MR) is 78.4 cm³/mol. The average Bonchev–Trinajstić information content (AvgIpc) is 2.48. The fourth-order valence-electron chi connectivity index (χ4n) is 2.16. The highest BCUT2D eigenvalue weighted by atomic mass is 16.2. The zero-order valence-electron chi connectivity index (χ0n) is 11.9. The molecule has 1 atom stereocenters. The standard InChI is InChI=1S/C15H25N3O/c1-3-15(4-2,11-16)14(19)18-10-13(17)12-8-6-5-7-9-12/h5-9,13H,3-4,10-11,16-17H2,1-2H3,(H,18,19). The number of benzene rings is 1. The lowest BCUT2D eigenvalue weighted by Crippen LogP contribution is -2.47. The van der Waals surface area contributed by atoms with Crippen molar-refractivity contribution in [1.29, 1.82) is 0 Å². The van der Waals surface area contributed by atoms with Gasteiger partial charge in [-0.1, -0.05) is 44.2 Å². The fraction of sp³-hybridized carbons (Fsp3) is 0.533. The third-order valence-electron chi connectivity index (χ3n) is 3.94. The lowest BCUT2D eigenvalue weighted by atomic mass is 9.81. The van der Waals surface area contributed by atoms with Gasteiger partial charge in [-0.3, -0.25) is 4.79 Å². The first kappa shape index (κ1) is 15.7. The van der Waals surface area contributed by atoms with Gasteiger partial charge in [0.05, 0.1) is 5.41 Å². The molecule has 0 saturated heterocycles. The molecule has 0 saturated carbocycles. The van der Waals surface area contributed by atoms with Gasteiger partial charge in [-0.25, -0.2) is 0 Å². The van der Waals surface area contributed by atoms with E-state index in [1.54, 1.807) is 0 Å². The largest absolute Gasteiger partial charge is 0.354 e. The van der Waals surface area contributed by atoms with Crippen LogP contribution in [0.1, 0.15) is 38.3 Å². The maximum absolute atomic E-state index is 12.2. The lowest BCUT2D eigenvalue weighted by molar-refractivity contribution is -0.131. The summed E-state index contributed by atoms with van der Waals surface area (Å²) >= 11 is 0. The number of rotatable bonds is 7. The number of nitrogens with one attached hydrogen (secondary N) is 1. The minimum Gasteiger partial charge on any atom is -0.354 e. The molecule has 19 heavy (non-hydrogen) atoms. The van der Waals surface area contributed by atoms with E-state index in [0.717, 1.165) is 18.4 Å². The van der Waals surface area contributed by atoms with Crippen molar-refractivity contribution >= 4 is 5.91 Å². The lowest BCUT2D eigenvalue weighted by Gasteiger charge is -2.29. The minimum absolute atomic E-state index is 0.00591. The molecule has 4 nitrogen and oxygen atoms in total. The van der Waals surface area contributed by atoms with Gasteiger partial charge in [0.15, 0.2) is 0 Å². The molecule has 4 heteroatoms. The molecule has 1 aromatic carbocycles. The molecule has 0 aliphatic carbocycles. The molecule has 0 aliphatic rings. The molecule has 106 valence electrons. The maximum Gasteiger partial charge on any atom is 0.227 e. The monoisotopic (exact) mass is 263 g/mol. The van der Waals surface area contributed by atoms with Gasteiger partial charge in [-0.2, -0.15) is 0 Å². The Morgan fingerprint density at radius 2 is 1.84 bits per heavy atom. The van der Waals surface area contributed by atoms with Crippen LogP contribution in [0.3, 0.4) is 0 Å². The zero-order chi connectivity index (χ0) is 14.3. The van der Waals surface area contributed by atoms with Crippen LogP contribution < -0.4 is 16.8 Å². The van der Waals surface area contributed by atoms with Crippen molar-refractivity contribution in [3.63, 3.8) is 0 Å². The van der Waals surface area contributed by atoms with Gasteiger partial charge >= 0.3 is 0 Å². The Hall–Kier alpha value is -1.39. The van der Waals surface area contributed by atoms with E-state index < -0.39 is 5.41 Å². The van der Waals surface area contributed by atoms with Crippen molar-refractivity contribution in [2.24, 2.45) is 16.9 Å². The van der Waals surface area contributed by atoms with Gasteiger partial charge in [-0.15, -0.1) is 0 Å². The molecule has 1 aromatic rings. The summed E-state index contributed by atoms with van der Waals surface area (Å²) < 4.78 is 0. The van der Waals surface area contributed by atoms with Crippen LogP contribution >= 0.6 is 0 Å². The second-order valence-electron chi connectivity index (χ2n) is 4.92. The van der Waals surface area contributed by atoms with Gasteiger partial charge in [0.25, 0.3) is 0 Å². The first-order valence-corrected chi connectivity index (χ1v) is 6.88. The highest BCUT2D eigenvalue weighted by Gasteiger charge is 2.33. The Balaban J connectivity index is 2.59. The van der Waals surface area contributed by atoms with Crippen molar-refractivity contribution in [1.82, 2.24) is 5.32 Å². The fourth-order valence-corrected chi connectivity index (χ4v) is 2.16. The highest BCUT2D eigenvalue weighted by Crippen LogP contribution is 2.25. The summed E-state index contributed by atoms with van der Waals surface area (Å²) in [4.78, 5) is 12.2. The van der Waals surface area contributed by atoms with Gasteiger partial charge in [0.1, 0.15) is 0 Å². The van der Waals surface area contributed by atoms with Gasteiger partial charge < -0.3 is 16.8 Å². The molecule has 1 rings (SSSR count). The summed E-state index contributed by atoms with van der Waals surface area (Å²) in [5.41, 5.74) is 12.4. The molecular formula is C15H25N3O. The molecule has 5 N–H and O–H groups in total. The molecule has 1 unspecified atom stereocenters. The SMILES string of the molecule is CCC(CC)(CN)C(=O)NCC(N)c1ccccc1.